The van der Waals surface area contributed by atoms with Crippen molar-refractivity contribution in [3.63, 3.8) is 0 Å². The second kappa shape index (κ2) is 8.35. The Labute approximate surface area is 204 Å². The summed E-state index contributed by atoms with van der Waals surface area (Å²) in [7, 11) is 0. The van der Waals surface area contributed by atoms with E-state index in [1.807, 2.05) is 11.8 Å². The molecule has 174 valence electrons. The minimum absolute atomic E-state index is 0.0142. The number of carbonyl (C=O) groups excluding carboxylic acids is 1. The molecule has 2 atom stereocenters. The Bertz CT molecular complexity index is 1370. The lowest BCUT2D eigenvalue weighted by atomic mass is 9.64. The van der Waals surface area contributed by atoms with E-state index >= 15 is 0 Å². The van der Waals surface area contributed by atoms with Crippen LogP contribution < -0.4 is 5.32 Å². The lowest BCUT2D eigenvalue weighted by Gasteiger charge is -2.57. The number of nitrogens with zero attached hydrogens (tertiary/aromatic N) is 5. The highest BCUT2D eigenvalue weighted by atomic mass is 32.1. The minimum Gasteiger partial charge on any atom is -0.359 e. The summed E-state index contributed by atoms with van der Waals surface area (Å²) in [4.78, 5) is 34.6. The minimum atomic E-state index is -0.266. The van der Waals surface area contributed by atoms with Crippen molar-refractivity contribution in [2.45, 2.75) is 38.8 Å². The second-order valence-electron chi connectivity index (χ2n) is 9.02. The Morgan fingerprint density at radius 1 is 1.21 bits per heavy atom. The highest BCUT2D eigenvalue weighted by Crippen LogP contribution is 2.47. The third-order valence-corrected chi connectivity index (χ3v) is 8.95. The van der Waals surface area contributed by atoms with Gasteiger partial charge in [0.1, 0.15) is 10.7 Å². The molecule has 2 aliphatic heterocycles. The first kappa shape index (κ1) is 21.5. The third kappa shape index (κ3) is 3.65. The summed E-state index contributed by atoms with van der Waals surface area (Å²) < 4.78 is 14.4. The predicted octanol–water partition coefficient (Wildman–Crippen LogP) is 5.01. The maximum Gasteiger partial charge on any atom is 0.274 e. The molecule has 3 aliphatic rings. The average Bonchev–Trinajstić information content (AvgIpc) is 3.39. The molecule has 2 saturated heterocycles. The summed E-state index contributed by atoms with van der Waals surface area (Å²) in [5.74, 6) is 1.19. The highest BCUT2D eigenvalue weighted by molar-refractivity contribution is 7.22. The second-order valence-corrected chi connectivity index (χ2v) is 11.3. The van der Waals surface area contributed by atoms with Crippen molar-refractivity contribution in [2.75, 3.05) is 11.9 Å². The fourth-order valence-corrected chi connectivity index (χ4v) is 6.91. The number of fused-ring (bicyclic) bond motifs is 3. The van der Waals surface area contributed by atoms with Gasteiger partial charge in [-0.05, 0) is 55.9 Å². The molecule has 0 radical (unpaired) electrons. The number of halogens is 1. The van der Waals surface area contributed by atoms with E-state index in [0.717, 1.165) is 38.1 Å². The zero-order chi connectivity index (χ0) is 23.4. The van der Waals surface area contributed by atoms with Crippen molar-refractivity contribution in [1.82, 2.24) is 24.8 Å². The van der Waals surface area contributed by atoms with Gasteiger partial charge >= 0.3 is 0 Å². The molecule has 34 heavy (non-hydrogen) atoms. The number of piperidine rings is 2. The van der Waals surface area contributed by atoms with Gasteiger partial charge in [-0.15, -0.1) is 11.3 Å². The van der Waals surface area contributed by atoms with Crippen molar-refractivity contribution < 1.29 is 9.18 Å². The third-order valence-electron chi connectivity index (χ3n) is 7.00. The van der Waals surface area contributed by atoms with Gasteiger partial charge in [0.05, 0.1) is 21.3 Å². The summed E-state index contributed by atoms with van der Waals surface area (Å²) in [5.41, 5.74) is 1.21. The van der Waals surface area contributed by atoms with E-state index in [2.05, 4.69) is 32.2 Å². The first-order valence-electron chi connectivity index (χ1n) is 11.4. The van der Waals surface area contributed by atoms with Crippen LogP contribution in [0.15, 0.2) is 36.7 Å². The van der Waals surface area contributed by atoms with Gasteiger partial charge in [0.25, 0.3) is 5.91 Å². The van der Waals surface area contributed by atoms with Crippen LogP contribution in [-0.2, 0) is 0 Å². The Hall–Kier alpha value is -2.98. The normalized spacial score (nSPS) is 23.7. The molecular weight excluding hydrogens is 471 g/mol. The zero-order valence-corrected chi connectivity index (χ0v) is 20.4. The number of rotatable bonds is 5. The number of aryl methyl sites for hydroxylation is 1. The van der Waals surface area contributed by atoms with E-state index in [9.17, 15) is 9.18 Å². The molecule has 1 saturated carbocycles. The van der Waals surface area contributed by atoms with Crippen molar-refractivity contribution in [1.29, 1.82) is 0 Å². The zero-order valence-electron chi connectivity index (χ0n) is 18.7. The van der Waals surface area contributed by atoms with Crippen LogP contribution in [0.1, 0.15) is 35.3 Å². The molecule has 1 aromatic carbocycles. The maximum absolute atomic E-state index is 13.9. The van der Waals surface area contributed by atoms with Gasteiger partial charge in [-0.1, -0.05) is 18.3 Å². The number of benzene rings is 1. The summed E-state index contributed by atoms with van der Waals surface area (Å²) in [6.45, 7) is 4.72. The fourth-order valence-electron chi connectivity index (χ4n) is 5.15. The number of carbonyl (C=O) groups is 1. The van der Waals surface area contributed by atoms with Crippen molar-refractivity contribution in [3.05, 3.63) is 53.2 Å². The fraction of sp³-hybridized carbons (Fsp3) is 0.375. The van der Waals surface area contributed by atoms with Crippen LogP contribution in [0.4, 0.5) is 9.52 Å². The lowest BCUT2D eigenvalue weighted by Crippen LogP contribution is -2.64. The average molecular weight is 495 g/mol. The molecule has 1 aliphatic carbocycles. The van der Waals surface area contributed by atoms with Crippen LogP contribution in [0.2, 0.25) is 0 Å². The lowest BCUT2D eigenvalue weighted by molar-refractivity contribution is -0.0504. The number of nitrogens with one attached hydrogen (secondary N) is 1. The molecule has 10 heteroatoms. The van der Waals surface area contributed by atoms with Crippen molar-refractivity contribution >= 4 is 43.9 Å². The number of hydrogen-bond donors (Lipinski definition) is 1. The van der Waals surface area contributed by atoms with Gasteiger partial charge in [-0.2, -0.15) is 0 Å². The summed E-state index contributed by atoms with van der Waals surface area (Å²) in [6, 6.07) is 6.62. The monoisotopic (exact) mass is 494 g/mol. The van der Waals surface area contributed by atoms with E-state index in [4.69, 9.17) is 0 Å². The molecule has 7 nitrogen and oxygen atoms in total. The Morgan fingerprint density at radius 3 is 2.79 bits per heavy atom. The first-order chi connectivity index (χ1) is 16.5. The molecule has 4 aromatic rings. The number of amides is 1. The number of thiazole rings is 2. The largest absolute Gasteiger partial charge is 0.359 e. The van der Waals surface area contributed by atoms with Gasteiger partial charge in [0, 0.05) is 25.0 Å². The van der Waals surface area contributed by atoms with E-state index in [1.54, 1.807) is 24.5 Å². The molecule has 1 N–H and O–H groups in total. The van der Waals surface area contributed by atoms with Gasteiger partial charge in [0.15, 0.2) is 16.6 Å². The molecule has 0 spiro atoms. The molecular formula is C24H23FN6OS2. The van der Waals surface area contributed by atoms with Gasteiger partial charge in [0.2, 0.25) is 0 Å². The standard InChI is InChI=1S/C24H23FN6OS2/c1-12-14-8-16(9-14)31(18(12)11-28-24-30-17-5-4-15(25)10-19(17)34-24)23(32)20-21(33-13(2)29-20)22-26-6-3-7-27-22/h3-7,10,12,14,16,18H,8-9,11H2,1-2H3,(H,28,30)/t12-,14?,16?,18-/m1/s1. The van der Waals surface area contributed by atoms with E-state index in [-0.39, 0.29) is 23.8 Å². The van der Waals surface area contributed by atoms with Gasteiger partial charge in [-0.3, -0.25) is 4.79 Å². The SMILES string of the molecule is Cc1nc(C(=O)N2C3CC(C3)[C@@H](C)[C@H]2CNc2nc3ccc(F)cc3s2)c(-c2ncccn2)s1. The van der Waals surface area contributed by atoms with Crippen molar-refractivity contribution in [2.24, 2.45) is 11.8 Å². The van der Waals surface area contributed by atoms with Crippen LogP contribution in [0.5, 0.6) is 0 Å². The molecule has 2 bridgehead atoms. The quantitative estimate of drug-likeness (QED) is 0.420. The van der Waals surface area contributed by atoms with E-state index < -0.39 is 0 Å². The van der Waals surface area contributed by atoms with Crippen LogP contribution in [0, 0.1) is 24.6 Å². The molecule has 0 unspecified atom stereocenters. The molecule has 5 heterocycles. The Balaban J connectivity index is 1.29. The summed E-state index contributed by atoms with van der Waals surface area (Å²) >= 11 is 2.88. The Morgan fingerprint density at radius 2 is 2.00 bits per heavy atom. The first-order valence-corrected chi connectivity index (χ1v) is 13.0. The number of anilines is 1. The predicted molar refractivity (Wildman–Crippen MR) is 132 cm³/mol. The smallest absolute Gasteiger partial charge is 0.274 e. The van der Waals surface area contributed by atoms with Crippen molar-refractivity contribution in [3.8, 4) is 10.7 Å². The Kier molecular flexibility index (Phi) is 5.29. The van der Waals surface area contributed by atoms with Crippen LogP contribution in [0.3, 0.4) is 0 Å². The van der Waals surface area contributed by atoms with Gasteiger partial charge in [-0.25, -0.2) is 24.3 Å². The van der Waals surface area contributed by atoms with Crippen LogP contribution in [-0.4, -0.2) is 49.4 Å². The van der Waals surface area contributed by atoms with E-state index in [0.29, 0.717) is 29.9 Å². The molecule has 1 amide bonds. The molecule has 3 aromatic heterocycles. The van der Waals surface area contributed by atoms with Crippen LogP contribution in [0.25, 0.3) is 20.9 Å². The summed E-state index contributed by atoms with van der Waals surface area (Å²) in [6.07, 6.45) is 5.43. The number of hydrogen-bond acceptors (Lipinski definition) is 8. The topological polar surface area (TPSA) is 83.9 Å². The molecule has 3 fully saturated rings. The van der Waals surface area contributed by atoms with Crippen LogP contribution >= 0.6 is 22.7 Å². The summed E-state index contributed by atoms with van der Waals surface area (Å²) in [5, 5.41) is 4.99. The maximum atomic E-state index is 13.9. The number of aromatic nitrogens is 4. The van der Waals surface area contributed by atoms with E-state index in [1.165, 1.54) is 34.8 Å². The highest BCUT2D eigenvalue weighted by Gasteiger charge is 2.51. The molecule has 7 rings (SSSR count). The van der Waals surface area contributed by atoms with Gasteiger partial charge < -0.3 is 10.2 Å².